The highest BCUT2D eigenvalue weighted by Gasteiger charge is 2.40. The number of urea groups is 1. The minimum absolute atomic E-state index is 0.358. The highest BCUT2D eigenvalue weighted by molar-refractivity contribution is 9.10. The van der Waals surface area contributed by atoms with Crippen molar-refractivity contribution in [2.75, 3.05) is 4.90 Å². The Kier molecular flexibility index (Phi) is 5.65. The predicted octanol–water partition coefficient (Wildman–Crippen LogP) is 2.37. The summed E-state index contributed by atoms with van der Waals surface area (Å²) in [7, 11) is 0. The van der Waals surface area contributed by atoms with E-state index in [1.165, 1.54) is 0 Å². The molecular formula is C19H15BrN4O4. The average molecular weight is 443 g/mol. The van der Waals surface area contributed by atoms with Gasteiger partial charge in [0.15, 0.2) is 5.92 Å². The summed E-state index contributed by atoms with van der Waals surface area (Å²) in [6.45, 7) is 1.74. The van der Waals surface area contributed by atoms with Gasteiger partial charge in [-0.2, -0.15) is 5.10 Å². The lowest BCUT2D eigenvalue weighted by atomic mass is 10.0. The van der Waals surface area contributed by atoms with E-state index in [4.69, 9.17) is 0 Å². The molecule has 1 saturated heterocycles. The Morgan fingerprint density at radius 3 is 2.50 bits per heavy atom. The van der Waals surface area contributed by atoms with Crippen molar-refractivity contribution in [1.82, 2.24) is 10.7 Å². The SMILES string of the molecule is Cc1ccccc1N1C(=O)NC(=O)[C@@H](/C=N\NC(=O)c2ccc(Br)cc2)C1=O. The number of hydrogen-bond acceptors (Lipinski definition) is 5. The van der Waals surface area contributed by atoms with E-state index in [2.05, 4.69) is 31.8 Å². The van der Waals surface area contributed by atoms with Gasteiger partial charge in [-0.15, -0.1) is 0 Å². The van der Waals surface area contributed by atoms with Gasteiger partial charge < -0.3 is 0 Å². The number of nitrogens with one attached hydrogen (secondary N) is 2. The fraction of sp³-hybridized carbons (Fsp3) is 0.105. The topological polar surface area (TPSA) is 108 Å². The number of aryl methyl sites for hydroxylation is 1. The van der Waals surface area contributed by atoms with Crippen LogP contribution in [0.1, 0.15) is 15.9 Å². The Morgan fingerprint density at radius 2 is 1.82 bits per heavy atom. The molecule has 2 aromatic carbocycles. The van der Waals surface area contributed by atoms with E-state index in [0.717, 1.165) is 15.6 Å². The van der Waals surface area contributed by atoms with Crippen LogP contribution in [-0.4, -0.2) is 30.0 Å². The van der Waals surface area contributed by atoms with E-state index in [1.807, 2.05) is 0 Å². The number of halogens is 1. The van der Waals surface area contributed by atoms with Crippen LogP contribution < -0.4 is 15.6 Å². The zero-order valence-corrected chi connectivity index (χ0v) is 16.3. The van der Waals surface area contributed by atoms with E-state index >= 15 is 0 Å². The van der Waals surface area contributed by atoms with Crippen LogP contribution in [0.5, 0.6) is 0 Å². The molecule has 0 aliphatic carbocycles. The number of carbonyl (C=O) groups is 4. The molecule has 5 amide bonds. The lowest BCUT2D eigenvalue weighted by Crippen LogP contribution is -2.59. The molecule has 1 fully saturated rings. The van der Waals surface area contributed by atoms with Crippen molar-refractivity contribution in [3.05, 3.63) is 64.1 Å². The second-order valence-electron chi connectivity index (χ2n) is 5.96. The number of para-hydroxylation sites is 1. The van der Waals surface area contributed by atoms with Gasteiger partial charge in [0.2, 0.25) is 5.91 Å². The second kappa shape index (κ2) is 8.13. The molecule has 8 nitrogen and oxygen atoms in total. The van der Waals surface area contributed by atoms with Crippen LogP contribution in [0.4, 0.5) is 10.5 Å². The normalized spacial score (nSPS) is 17.0. The van der Waals surface area contributed by atoms with Crippen LogP contribution in [0.25, 0.3) is 0 Å². The number of rotatable bonds is 4. The number of imide groups is 2. The van der Waals surface area contributed by atoms with Crippen molar-refractivity contribution in [2.45, 2.75) is 6.92 Å². The van der Waals surface area contributed by atoms with Crippen LogP contribution in [0, 0.1) is 12.8 Å². The first-order valence-electron chi connectivity index (χ1n) is 8.22. The minimum Gasteiger partial charge on any atom is -0.276 e. The number of carbonyl (C=O) groups excluding carboxylic acids is 4. The molecule has 28 heavy (non-hydrogen) atoms. The van der Waals surface area contributed by atoms with Crippen molar-refractivity contribution in [3.8, 4) is 0 Å². The molecule has 3 rings (SSSR count). The van der Waals surface area contributed by atoms with E-state index in [9.17, 15) is 19.2 Å². The summed E-state index contributed by atoms with van der Waals surface area (Å²) in [5.41, 5.74) is 3.69. The van der Waals surface area contributed by atoms with E-state index in [0.29, 0.717) is 16.8 Å². The van der Waals surface area contributed by atoms with Gasteiger partial charge in [-0.05, 0) is 42.8 Å². The van der Waals surface area contributed by atoms with Gasteiger partial charge in [0.1, 0.15) is 0 Å². The Labute approximate surface area is 168 Å². The van der Waals surface area contributed by atoms with Crippen LogP contribution in [-0.2, 0) is 9.59 Å². The first-order chi connectivity index (χ1) is 13.4. The molecule has 1 aliphatic rings. The van der Waals surface area contributed by atoms with E-state index in [1.54, 1.807) is 55.5 Å². The third-order valence-corrected chi connectivity index (χ3v) is 4.58. The first kappa shape index (κ1) is 19.4. The number of anilines is 1. The molecule has 1 aliphatic heterocycles. The number of barbiturate groups is 1. The van der Waals surface area contributed by atoms with Gasteiger partial charge in [-0.3, -0.25) is 19.7 Å². The molecule has 0 radical (unpaired) electrons. The van der Waals surface area contributed by atoms with Crippen molar-refractivity contribution in [2.24, 2.45) is 11.0 Å². The molecule has 0 bridgehead atoms. The summed E-state index contributed by atoms with van der Waals surface area (Å²) in [4.78, 5) is 49.9. The number of amides is 5. The van der Waals surface area contributed by atoms with Gasteiger partial charge in [-0.25, -0.2) is 15.1 Å². The summed E-state index contributed by atoms with van der Waals surface area (Å²) < 4.78 is 0.818. The maximum atomic E-state index is 12.7. The summed E-state index contributed by atoms with van der Waals surface area (Å²) in [6, 6.07) is 12.5. The fourth-order valence-corrected chi connectivity index (χ4v) is 2.86. The Bertz CT molecular complexity index is 988. The molecular weight excluding hydrogens is 428 g/mol. The third-order valence-electron chi connectivity index (χ3n) is 4.05. The Hall–Kier alpha value is -3.33. The molecule has 2 N–H and O–H groups in total. The van der Waals surface area contributed by atoms with Gasteiger partial charge in [0.05, 0.1) is 5.69 Å². The summed E-state index contributed by atoms with van der Waals surface area (Å²) in [5, 5.41) is 5.84. The highest BCUT2D eigenvalue weighted by atomic mass is 79.9. The number of hydrazone groups is 1. The maximum Gasteiger partial charge on any atom is 0.335 e. The maximum absolute atomic E-state index is 12.7. The standard InChI is InChI=1S/C19H15BrN4O4/c1-11-4-2-3-5-15(11)24-18(27)14(17(26)22-19(24)28)10-21-23-16(25)12-6-8-13(20)9-7-12/h2-10,14H,1H3,(H,23,25)(H,22,26,28)/b21-10-/t14-/m1/s1. The molecule has 0 spiro atoms. The molecule has 9 heteroatoms. The molecule has 1 atom stereocenters. The molecule has 142 valence electrons. The van der Waals surface area contributed by atoms with E-state index in [-0.39, 0.29) is 0 Å². The molecule has 0 saturated carbocycles. The summed E-state index contributed by atoms with van der Waals surface area (Å²) in [6.07, 6.45) is 1.01. The minimum atomic E-state index is -1.34. The molecule has 2 aromatic rings. The monoisotopic (exact) mass is 442 g/mol. The average Bonchev–Trinajstić information content (AvgIpc) is 2.66. The lowest BCUT2D eigenvalue weighted by molar-refractivity contribution is -0.131. The quantitative estimate of drug-likeness (QED) is 0.430. The van der Waals surface area contributed by atoms with Crippen LogP contribution in [0.3, 0.4) is 0 Å². The lowest BCUT2D eigenvalue weighted by Gasteiger charge is -2.29. The highest BCUT2D eigenvalue weighted by Crippen LogP contribution is 2.23. The summed E-state index contributed by atoms with van der Waals surface area (Å²) in [5.74, 6) is -3.40. The van der Waals surface area contributed by atoms with Crippen molar-refractivity contribution >= 4 is 51.6 Å². The van der Waals surface area contributed by atoms with Crippen LogP contribution >= 0.6 is 15.9 Å². The van der Waals surface area contributed by atoms with Crippen molar-refractivity contribution in [1.29, 1.82) is 0 Å². The Balaban J connectivity index is 1.76. The van der Waals surface area contributed by atoms with Crippen LogP contribution in [0.2, 0.25) is 0 Å². The molecule has 0 unspecified atom stereocenters. The predicted molar refractivity (Wildman–Crippen MR) is 106 cm³/mol. The number of hydrogen-bond donors (Lipinski definition) is 2. The number of nitrogens with zero attached hydrogens (tertiary/aromatic N) is 2. The zero-order chi connectivity index (χ0) is 20.3. The van der Waals surface area contributed by atoms with Gasteiger partial charge in [0.25, 0.3) is 11.8 Å². The zero-order valence-electron chi connectivity index (χ0n) is 14.7. The van der Waals surface area contributed by atoms with Gasteiger partial charge >= 0.3 is 6.03 Å². The first-order valence-corrected chi connectivity index (χ1v) is 9.01. The van der Waals surface area contributed by atoms with Gasteiger partial charge in [-0.1, -0.05) is 34.1 Å². The molecule has 1 heterocycles. The number of benzene rings is 2. The van der Waals surface area contributed by atoms with Crippen molar-refractivity contribution in [3.63, 3.8) is 0 Å². The third kappa shape index (κ3) is 3.99. The van der Waals surface area contributed by atoms with Crippen molar-refractivity contribution < 1.29 is 19.2 Å². The second-order valence-corrected chi connectivity index (χ2v) is 6.87. The molecule has 0 aromatic heterocycles. The van der Waals surface area contributed by atoms with Crippen LogP contribution in [0.15, 0.2) is 58.1 Å². The van der Waals surface area contributed by atoms with Gasteiger partial charge in [0, 0.05) is 16.3 Å². The largest absolute Gasteiger partial charge is 0.335 e. The Morgan fingerprint density at radius 1 is 1.14 bits per heavy atom. The fourth-order valence-electron chi connectivity index (χ4n) is 2.60. The smallest absolute Gasteiger partial charge is 0.276 e. The van der Waals surface area contributed by atoms with E-state index < -0.39 is 29.7 Å². The summed E-state index contributed by atoms with van der Waals surface area (Å²) >= 11 is 3.27.